The fourth-order valence-corrected chi connectivity index (χ4v) is 3.41. The van der Waals surface area contributed by atoms with E-state index >= 15 is 0 Å². The normalized spacial score (nSPS) is 14.6. The Kier molecular flexibility index (Phi) is 7.82. The smallest absolute Gasteiger partial charge is 0.257 e. The van der Waals surface area contributed by atoms with Crippen LogP contribution in [0.2, 0.25) is 0 Å². The molecule has 6 heteroatoms. The molecule has 0 aliphatic carbocycles. The molecule has 1 aliphatic rings. The fourth-order valence-electron chi connectivity index (χ4n) is 3.41. The molecule has 0 radical (unpaired) electrons. The van der Waals surface area contributed by atoms with Gasteiger partial charge in [-0.1, -0.05) is 30.7 Å². The molecule has 1 aromatic carbocycles. The van der Waals surface area contributed by atoms with Crippen molar-refractivity contribution in [3.63, 3.8) is 0 Å². The number of ether oxygens (including phenoxy) is 2. The SMILES string of the molecule is COCCOc1ncccc1C(=O)NCc1ccccc1CN1CCCCC1. The van der Waals surface area contributed by atoms with Crippen LogP contribution in [0, 0.1) is 0 Å². The van der Waals surface area contributed by atoms with Gasteiger partial charge in [-0.05, 0) is 49.2 Å². The van der Waals surface area contributed by atoms with Gasteiger partial charge in [0.25, 0.3) is 5.91 Å². The van der Waals surface area contributed by atoms with Crippen molar-refractivity contribution in [2.45, 2.75) is 32.4 Å². The molecule has 0 bridgehead atoms. The molecule has 1 saturated heterocycles. The standard InChI is InChI=1S/C22H29N3O3/c1-27-14-15-28-22-20(10-7-11-23-22)21(26)24-16-18-8-3-4-9-19(18)17-25-12-5-2-6-13-25/h3-4,7-11H,2,5-6,12-17H2,1H3,(H,24,26). The van der Waals surface area contributed by atoms with Crippen LogP contribution in [0.4, 0.5) is 0 Å². The van der Waals surface area contributed by atoms with Crippen molar-refractivity contribution in [3.05, 3.63) is 59.3 Å². The van der Waals surface area contributed by atoms with Crippen LogP contribution in [0.15, 0.2) is 42.6 Å². The number of hydrogen-bond acceptors (Lipinski definition) is 5. The van der Waals surface area contributed by atoms with Crippen LogP contribution in [0.1, 0.15) is 40.7 Å². The average molecular weight is 383 g/mol. The number of aromatic nitrogens is 1. The van der Waals surface area contributed by atoms with Crippen LogP contribution in [0.5, 0.6) is 5.88 Å². The molecule has 28 heavy (non-hydrogen) atoms. The molecule has 2 aromatic rings. The highest BCUT2D eigenvalue weighted by Crippen LogP contribution is 2.17. The molecular formula is C22H29N3O3. The first-order valence-corrected chi connectivity index (χ1v) is 9.92. The average Bonchev–Trinajstić information content (AvgIpc) is 2.74. The van der Waals surface area contributed by atoms with Gasteiger partial charge in [-0.2, -0.15) is 0 Å². The monoisotopic (exact) mass is 383 g/mol. The quantitative estimate of drug-likeness (QED) is 0.675. The molecule has 1 amide bonds. The summed E-state index contributed by atoms with van der Waals surface area (Å²) in [4.78, 5) is 19.4. The zero-order valence-corrected chi connectivity index (χ0v) is 16.5. The van der Waals surface area contributed by atoms with Crippen LogP contribution >= 0.6 is 0 Å². The van der Waals surface area contributed by atoms with E-state index in [0.717, 1.165) is 25.2 Å². The number of pyridine rings is 1. The second kappa shape index (κ2) is 10.8. The van der Waals surface area contributed by atoms with E-state index in [1.807, 2.05) is 6.07 Å². The molecule has 1 fully saturated rings. The van der Waals surface area contributed by atoms with Crippen molar-refractivity contribution in [2.24, 2.45) is 0 Å². The number of benzene rings is 1. The van der Waals surface area contributed by atoms with Gasteiger partial charge in [0.15, 0.2) is 0 Å². The van der Waals surface area contributed by atoms with E-state index in [0.29, 0.717) is 31.2 Å². The van der Waals surface area contributed by atoms with Crippen LogP contribution < -0.4 is 10.1 Å². The summed E-state index contributed by atoms with van der Waals surface area (Å²) in [7, 11) is 1.61. The molecule has 0 atom stereocenters. The molecule has 1 aromatic heterocycles. The number of amides is 1. The Morgan fingerprint density at radius 3 is 2.64 bits per heavy atom. The number of hydrogen-bond donors (Lipinski definition) is 1. The van der Waals surface area contributed by atoms with E-state index in [-0.39, 0.29) is 5.91 Å². The summed E-state index contributed by atoms with van der Waals surface area (Å²) in [6, 6.07) is 11.8. The van der Waals surface area contributed by atoms with Crippen LogP contribution in [-0.4, -0.2) is 49.2 Å². The number of piperidine rings is 1. The summed E-state index contributed by atoms with van der Waals surface area (Å²) >= 11 is 0. The molecular weight excluding hydrogens is 354 g/mol. The van der Waals surface area contributed by atoms with E-state index < -0.39 is 0 Å². The Morgan fingerprint density at radius 2 is 1.86 bits per heavy atom. The molecule has 6 nitrogen and oxygen atoms in total. The number of nitrogens with one attached hydrogen (secondary N) is 1. The van der Waals surface area contributed by atoms with Gasteiger partial charge in [0, 0.05) is 26.4 Å². The third-order valence-electron chi connectivity index (χ3n) is 4.94. The highest BCUT2D eigenvalue weighted by Gasteiger charge is 2.15. The molecule has 150 valence electrons. The Labute approximate surface area is 166 Å². The van der Waals surface area contributed by atoms with E-state index in [1.165, 1.54) is 24.8 Å². The maximum Gasteiger partial charge on any atom is 0.257 e. The summed E-state index contributed by atoms with van der Waals surface area (Å²) in [5.74, 6) is 0.145. The first-order valence-electron chi connectivity index (χ1n) is 9.92. The molecule has 2 heterocycles. The summed E-state index contributed by atoms with van der Waals surface area (Å²) in [5.41, 5.74) is 2.85. The minimum Gasteiger partial charge on any atom is -0.475 e. The summed E-state index contributed by atoms with van der Waals surface area (Å²) in [6.45, 7) is 4.52. The number of rotatable bonds is 9. The second-order valence-electron chi connectivity index (χ2n) is 6.99. The summed E-state index contributed by atoms with van der Waals surface area (Å²) in [5, 5.41) is 3.01. The molecule has 3 rings (SSSR count). The highest BCUT2D eigenvalue weighted by molar-refractivity contribution is 5.96. The van der Waals surface area contributed by atoms with E-state index in [9.17, 15) is 4.79 Å². The van der Waals surface area contributed by atoms with Crippen molar-refractivity contribution in [3.8, 4) is 5.88 Å². The largest absolute Gasteiger partial charge is 0.475 e. The number of methoxy groups -OCH3 is 1. The van der Waals surface area contributed by atoms with Crippen molar-refractivity contribution in [1.82, 2.24) is 15.2 Å². The van der Waals surface area contributed by atoms with Gasteiger partial charge in [-0.25, -0.2) is 4.98 Å². The van der Waals surface area contributed by atoms with Gasteiger partial charge in [-0.15, -0.1) is 0 Å². The van der Waals surface area contributed by atoms with Gasteiger partial charge in [0.1, 0.15) is 12.2 Å². The lowest BCUT2D eigenvalue weighted by molar-refractivity contribution is 0.0941. The highest BCUT2D eigenvalue weighted by atomic mass is 16.5. The number of carbonyl (C=O) groups is 1. The third-order valence-corrected chi connectivity index (χ3v) is 4.94. The molecule has 1 aliphatic heterocycles. The lowest BCUT2D eigenvalue weighted by atomic mass is 10.0. The molecule has 1 N–H and O–H groups in total. The van der Waals surface area contributed by atoms with Crippen molar-refractivity contribution < 1.29 is 14.3 Å². The minimum atomic E-state index is -0.187. The van der Waals surface area contributed by atoms with Gasteiger partial charge in [-0.3, -0.25) is 9.69 Å². The van der Waals surface area contributed by atoms with Gasteiger partial charge < -0.3 is 14.8 Å². The molecule has 0 saturated carbocycles. The van der Waals surface area contributed by atoms with E-state index in [4.69, 9.17) is 9.47 Å². The topological polar surface area (TPSA) is 63.7 Å². The first kappa shape index (κ1) is 20.3. The maximum absolute atomic E-state index is 12.7. The fraction of sp³-hybridized carbons (Fsp3) is 0.455. The van der Waals surface area contributed by atoms with Crippen LogP contribution in [0.3, 0.4) is 0 Å². The maximum atomic E-state index is 12.7. The number of nitrogens with zero attached hydrogens (tertiary/aromatic N) is 2. The van der Waals surface area contributed by atoms with Gasteiger partial charge in [0.2, 0.25) is 5.88 Å². The van der Waals surface area contributed by atoms with E-state index in [1.54, 1.807) is 25.4 Å². The van der Waals surface area contributed by atoms with Crippen molar-refractivity contribution in [1.29, 1.82) is 0 Å². The number of likely N-dealkylation sites (tertiary alicyclic amines) is 1. The minimum absolute atomic E-state index is 0.187. The lowest BCUT2D eigenvalue weighted by Gasteiger charge is -2.27. The van der Waals surface area contributed by atoms with Crippen LogP contribution in [0.25, 0.3) is 0 Å². The molecule has 0 unspecified atom stereocenters. The predicted molar refractivity (Wildman–Crippen MR) is 108 cm³/mol. The Morgan fingerprint density at radius 1 is 1.07 bits per heavy atom. The van der Waals surface area contributed by atoms with Crippen molar-refractivity contribution in [2.75, 3.05) is 33.4 Å². The third kappa shape index (κ3) is 5.78. The summed E-state index contributed by atoms with van der Waals surface area (Å²) < 4.78 is 10.6. The van der Waals surface area contributed by atoms with Gasteiger partial charge in [0.05, 0.1) is 6.61 Å². The van der Waals surface area contributed by atoms with E-state index in [2.05, 4.69) is 33.4 Å². The predicted octanol–water partition coefficient (Wildman–Crippen LogP) is 3.02. The lowest BCUT2D eigenvalue weighted by Crippen LogP contribution is -2.30. The second-order valence-corrected chi connectivity index (χ2v) is 6.99. The zero-order valence-electron chi connectivity index (χ0n) is 16.5. The Hall–Kier alpha value is -2.44. The van der Waals surface area contributed by atoms with Gasteiger partial charge >= 0.3 is 0 Å². The summed E-state index contributed by atoms with van der Waals surface area (Å²) in [6.07, 6.45) is 5.48. The molecule has 0 spiro atoms. The first-order chi connectivity index (χ1) is 13.8. The van der Waals surface area contributed by atoms with Crippen LogP contribution in [-0.2, 0) is 17.8 Å². The Balaban J connectivity index is 1.62. The zero-order chi connectivity index (χ0) is 19.6. The Bertz CT molecular complexity index is 760. The van der Waals surface area contributed by atoms with Crippen molar-refractivity contribution >= 4 is 5.91 Å². The number of carbonyl (C=O) groups excluding carboxylic acids is 1.